The zero-order valence-corrected chi connectivity index (χ0v) is 26.3. The maximum Gasteiger partial charge on any atom is 0.372 e. The number of fused-ring (bicyclic) bond motifs is 1. The normalized spacial score (nSPS) is 27.4. The number of carbonyl (C=O) groups excluding carboxylic acids is 3. The molecule has 0 bridgehead atoms. The van der Waals surface area contributed by atoms with Gasteiger partial charge in [0.1, 0.15) is 24.4 Å². The van der Waals surface area contributed by atoms with Crippen molar-refractivity contribution in [3.63, 3.8) is 0 Å². The predicted octanol–water partition coefficient (Wildman–Crippen LogP) is -1.33. The molecule has 4 aliphatic rings. The number of carboxylic acid groups (broad SMARTS) is 2. The third-order valence-electron chi connectivity index (χ3n) is 8.97. The van der Waals surface area contributed by atoms with Crippen molar-refractivity contribution in [2.24, 2.45) is 5.16 Å². The number of carboxylic acids is 2. The number of aromatic nitrogens is 3. The van der Waals surface area contributed by atoms with Gasteiger partial charge >= 0.3 is 29.3 Å². The number of nitrogens with one attached hydrogen (secondary N) is 1. The van der Waals surface area contributed by atoms with E-state index in [-0.39, 0.29) is 40.9 Å². The molecule has 3 aliphatic heterocycles. The van der Waals surface area contributed by atoms with Crippen LogP contribution in [0.4, 0.5) is 5.13 Å². The van der Waals surface area contributed by atoms with Gasteiger partial charge in [-0.2, -0.15) is 5.06 Å². The lowest BCUT2D eigenvalue weighted by atomic mass is 9.89. The van der Waals surface area contributed by atoms with E-state index in [4.69, 9.17) is 24.9 Å². The Bertz CT molecular complexity index is 2070. The van der Waals surface area contributed by atoms with Crippen LogP contribution >= 0.6 is 11.3 Å². The summed E-state index contributed by atoms with van der Waals surface area (Å²) in [7, 11) is 0. The van der Waals surface area contributed by atoms with Crippen LogP contribution in [0.1, 0.15) is 43.8 Å². The van der Waals surface area contributed by atoms with Crippen molar-refractivity contribution in [2.75, 3.05) is 18.9 Å². The van der Waals surface area contributed by atoms with Crippen LogP contribution in [-0.2, 0) is 43.1 Å². The van der Waals surface area contributed by atoms with E-state index < -0.39 is 94.7 Å². The number of aromatic hydroxyl groups is 2. The first kappa shape index (κ1) is 32.8. The number of carbonyl (C=O) groups is 5. The van der Waals surface area contributed by atoms with Gasteiger partial charge < -0.3 is 45.8 Å². The molecule has 264 valence electrons. The number of nitrogens with zero attached hydrogens (tertiary/aromatic N) is 5. The number of amides is 2. The Hall–Kier alpha value is -5.74. The highest BCUT2D eigenvalue weighted by Gasteiger charge is 2.63. The van der Waals surface area contributed by atoms with Crippen molar-refractivity contribution < 1.29 is 63.5 Å². The molecule has 7 N–H and O–H groups in total. The number of nitrogen functional groups attached to an aromatic ring is 1. The molecule has 3 saturated heterocycles. The Kier molecular flexibility index (Phi) is 7.49. The fourth-order valence-electron chi connectivity index (χ4n) is 6.16. The molecule has 1 aliphatic carbocycles. The van der Waals surface area contributed by atoms with Crippen LogP contribution in [0.2, 0.25) is 0 Å². The van der Waals surface area contributed by atoms with Crippen molar-refractivity contribution in [2.45, 2.75) is 61.1 Å². The highest BCUT2D eigenvalue weighted by molar-refractivity contribution is 7.13. The zero-order chi connectivity index (χ0) is 35.7. The minimum atomic E-state index is -2.78. The van der Waals surface area contributed by atoms with Gasteiger partial charge in [-0.1, -0.05) is 5.16 Å². The Morgan fingerprint density at radius 2 is 1.86 bits per heavy atom. The van der Waals surface area contributed by atoms with E-state index in [1.54, 1.807) is 0 Å². The van der Waals surface area contributed by atoms with Crippen molar-refractivity contribution in [1.82, 2.24) is 24.3 Å². The summed E-state index contributed by atoms with van der Waals surface area (Å²) in [6.07, 6.45) is 2.37. The summed E-state index contributed by atoms with van der Waals surface area (Å²) in [6, 6.07) is -2.13. The highest BCUT2D eigenvalue weighted by atomic mass is 32.1. The summed E-state index contributed by atoms with van der Waals surface area (Å²) in [4.78, 5) is 93.1. The Morgan fingerprint density at radius 1 is 1.10 bits per heavy atom. The summed E-state index contributed by atoms with van der Waals surface area (Å²) < 4.78 is 12.6. The number of imidazole rings is 1. The van der Waals surface area contributed by atoms with Crippen LogP contribution in [0, 0.1) is 0 Å². The lowest BCUT2D eigenvalue weighted by molar-refractivity contribution is -0.256. The molecule has 4 atom stereocenters. The molecule has 22 heteroatoms. The number of esters is 1. The number of ether oxygens (including phenoxy) is 2. The molecular formula is C28H27N7O14S. The lowest BCUT2D eigenvalue weighted by Crippen LogP contribution is -2.57. The number of anilines is 1. The second-order valence-corrected chi connectivity index (χ2v) is 13.1. The molecule has 3 aromatic heterocycles. The number of hydrogen-bond donors (Lipinski definition) is 6. The maximum absolute atomic E-state index is 13.6. The van der Waals surface area contributed by atoms with Crippen LogP contribution < -0.4 is 16.7 Å². The van der Waals surface area contributed by atoms with Crippen molar-refractivity contribution in [3.8, 4) is 11.5 Å². The van der Waals surface area contributed by atoms with E-state index in [1.807, 2.05) is 0 Å². The van der Waals surface area contributed by atoms with Gasteiger partial charge in [0.2, 0.25) is 5.60 Å². The topological polar surface area (TPSA) is 296 Å². The molecule has 4 fully saturated rings. The molecule has 3 aromatic rings. The van der Waals surface area contributed by atoms with Crippen LogP contribution in [0.5, 0.6) is 11.5 Å². The standard InChI is InChI=1S/C28H27N7O14S/c29-24-31-14(10-50-24)18(32-49-27(22(41)42)3-4-46-26(11-27)1-2-26)19(38)30-13-9-47-35(20(13)39)28(23(43)44)6-15(21(40)48-28)34-7-12-5-16(36)17(37)8-33(12)25(34)45/h5,7-8,10,13,15,36-37H,1-4,6,9,11H2,(H2,29,31)(H,30,38)(H,41,42)(H,43,44)/b32-18-/t13-,15?,27?,28?/m0/s1. The molecule has 2 amide bonds. The van der Waals surface area contributed by atoms with Gasteiger partial charge in [-0.3, -0.25) is 23.4 Å². The largest absolute Gasteiger partial charge is 0.504 e. The van der Waals surface area contributed by atoms with Crippen LogP contribution in [0.25, 0.3) is 5.52 Å². The lowest BCUT2D eigenvalue weighted by Gasteiger charge is -2.35. The van der Waals surface area contributed by atoms with E-state index in [1.165, 1.54) is 5.38 Å². The number of hydrogen-bond acceptors (Lipinski definition) is 16. The van der Waals surface area contributed by atoms with Crippen molar-refractivity contribution in [1.29, 1.82) is 0 Å². The fourth-order valence-corrected chi connectivity index (χ4v) is 6.70. The van der Waals surface area contributed by atoms with Gasteiger partial charge in [0, 0.05) is 30.5 Å². The van der Waals surface area contributed by atoms with E-state index in [2.05, 4.69) is 15.5 Å². The summed E-state index contributed by atoms with van der Waals surface area (Å²) in [5.74, 6) is -7.81. The molecule has 1 spiro atoms. The monoisotopic (exact) mass is 717 g/mol. The summed E-state index contributed by atoms with van der Waals surface area (Å²) in [5.41, 5.74) is -1.02. The number of aliphatic carboxylic acids is 2. The number of oxime groups is 1. The number of nitrogens with two attached hydrogens (primary N) is 1. The van der Waals surface area contributed by atoms with Gasteiger partial charge in [0.05, 0.1) is 30.3 Å². The van der Waals surface area contributed by atoms with E-state index in [0.29, 0.717) is 12.8 Å². The number of cyclic esters (lactones) is 1. The van der Waals surface area contributed by atoms with Crippen LogP contribution in [0.3, 0.4) is 0 Å². The smallest absolute Gasteiger partial charge is 0.372 e. The number of thiazole rings is 1. The summed E-state index contributed by atoms with van der Waals surface area (Å²) >= 11 is 0.942. The molecule has 50 heavy (non-hydrogen) atoms. The second-order valence-electron chi connectivity index (χ2n) is 12.2. The van der Waals surface area contributed by atoms with Crippen molar-refractivity contribution >= 4 is 57.4 Å². The Balaban J connectivity index is 1.12. The van der Waals surface area contributed by atoms with E-state index >= 15 is 0 Å². The third-order valence-corrected chi connectivity index (χ3v) is 9.64. The van der Waals surface area contributed by atoms with Gasteiger partial charge in [-0.15, -0.1) is 11.3 Å². The summed E-state index contributed by atoms with van der Waals surface area (Å²) in [6.45, 7) is -0.556. The maximum atomic E-state index is 13.6. The first-order chi connectivity index (χ1) is 23.7. The van der Waals surface area contributed by atoms with Crippen molar-refractivity contribution in [3.05, 3.63) is 40.0 Å². The number of hydroxylamine groups is 2. The van der Waals surface area contributed by atoms with E-state index in [0.717, 1.165) is 38.8 Å². The molecule has 3 unspecified atom stereocenters. The predicted molar refractivity (Wildman–Crippen MR) is 161 cm³/mol. The Morgan fingerprint density at radius 3 is 2.52 bits per heavy atom. The molecule has 1 saturated carbocycles. The van der Waals surface area contributed by atoms with Gasteiger partial charge in [0.15, 0.2) is 22.3 Å². The van der Waals surface area contributed by atoms with Crippen LogP contribution in [-0.4, -0.2) is 111 Å². The Labute approximate surface area is 281 Å². The molecule has 0 radical (unpaired) electrons. The fraction of sp³-hybridized carbons (Fsp3) is 0.429. The molecule has 0 aromatic carbocycles. The molecular weight excluding hydrogens is 690 g/mol. The molecule has 21 nitrogen and oxygen atoms in total. The summed E-state index contributed by atoms with van der Waals surface area (Å²) in [5, 5.41) is 47.8. The second kappa shape index (κ2) is 11.4. The average molecular weight is 718 g/mol. The molecule has 6 heterocycles. The SMILES string of the molecule is Nc1nc(/C(=N/OC2(C(=O)O)CCOC3(CC3)C2)C(=O)N[C@H]2CON(C3(C(=O)O)CC(n4cc5cc(O)c(O)cn5c4=O)C(=O)O3)C2=O)cs1. The minimum absolute atomic E-state index is 0.0235. The van der Waals surface area contributed by atoms with Crippen LogP contribution in [0.15, 0.2) is 33.8 Å². The first-order valence-electron chi connectivity index (χ1n) is 14.9. The zero-order valence-electron chi connectivity index (χ0n) is 25.5. The quantitative estimate of drug-likeness (QED) is 0.0848. The molecule has 7 rings (SSSR count). The van der Waals surface area contributed by atoms with E-state index in [9.17, 15) is 49.2 Å². The van der Waals surface area contributed by atoms with Gasteiger partial charge in [0.25, 0.3) is 11.8 Å². The number of pyridine rings is 1. The highest BCUT2D eigenvalue weighted by Crippen LogP contribution is 2.50. The third kappa shape index (κ3) is 5.23. The van der Waals surface area contributed by atoms with Gasteiger partial charge in [-0.25, -0.2) is 24.2 Å². The first-order valence-corrected chi connectivity index (χ1v) is 15.8. The average Bonchev–Trinajstić information content (AvgIpc) is 3.35. The minimum Gasteiger partial charge on any atom is -0.504 e. The number of rotatable bonds is 9. The van der Waals surface area contributed by atoms with Gasteiger partial charge in [-0.05, 0) is 12.8 Å².